The SMILES string of the molecule is CC(NC(=O)C(N)C(C)O)C(=O)NC(CS)C(=O)NC(CO)C(=O)O. The number of aliphatic hydroxyl groups excluding tert-OH is 2. The summed E-state index contributed by atoms with van der Waals surface area (Å²) >= 11 is 3.90. The third-order valence-electron chi connectivity index (χ3n) is 3.19. The van der Waals surface area contributed by atoms with Crippen LogP contribution in [-0.4, -0.2) is 81.6 Å². The smallest absolute Gasteiger partial charge is 0.328 e. The van der Waals surface area contributed by atoms with Gasteiger partial charge in [0.15, 0.2) is 0 Å². The molecule has 0 heterocycles. The number of rotatable bonds is 10. The number of carboxylic acids is 1. The van der Waals surface area contributed by atoms with Gasteiger partial charge < -0.3 is 37.0 Å². The Balaban J connectivity index is 4.74. The molecule has 0 aromatic carbocycles. The Bertz CT molecular complexity index is 503. The fourth-order valence-corrected chi connectivity index (χ4v) is 1.80. The van der Waals surface area contributed by atoms with Gasteiger partial charge in [0.05, 0.1) is 12.7 Å². The second-order valence-electron chi connectivity index (χ2n) is 5.32. The molecule has 144 valence electrons. The Morgan fingerprint density at radius 3 is 1.92 bits per heavy atom. The molecule has 5 atom stereocenters. The minimum Gasteiger partial charge on any atom is -0.480 e. The number of carboxylic acid groups (broad SMARTS) is 1. The molecule has 0 aromatic rings. The van der Waals surface area contributed by atoms with Crippen LogP contribution < -0.4 is 21.7 Å². The van der Waals surface area contributed by atoms with Crippen LogP contribution in [0.25, 0.3) is 0 Å². The second-order valence-corrected chi connectivity index (χ2v) is 5.69. The number of hydrogen-bond donors (Lipinski definition) is 8. The molecule has 0 spiro atoms. The molecule has 8 N–H and O–H groups in total. The van der Waals surface area contributed by atoms with Crippen molar-refractivity contribution < 1.29 is 34.5 Å². The lowest BCUT2D eigenvalue weighted by Gasteiger charge is -2.22. The quantitative estimate of drug-likeness (QED) is 0.177. The average Bonchev–Trinajstić information content (AvgIpc) is 2.55. The van der Waals surface area contributed by atoms with E-state index in [4.69, 9.17) is 15.9 Å². The molecule has 0 saturated carbocycles. The molecule has 0 aliphatic carbocycles. The van der Waals surface area contributed by atoms with Crippen molar-refractivity contribution in [1.29, 1.82) is 0 Å². The Morgan fingerprint density at radius 1 is 1.00 bits per heavy atom. The molecule has 0 saturated heterocycles. The third-order valence-corrected chi connectivity index (χ3v) is 3.55. The number of hydrogen-bond acceptors (Lipinski definition) is 8. The van der Waals surface area contributed by atoms with E-state index in [0.29, 0.717) is 0 Å². The molecule has 0 bridgehead atoms. The van der Waals surface area contributed by atoms with E-state index in [0.717, 1.165) is 0 Å². The molecule has 12 heteroatoms. The standard InChI is InChI=1S/C13H24N4O7S/c1-5(15-12(22)9(14)6(2)19)10(20)17-8(4-25)11(21)16-7(3-18)13(23)24/h5-9,18-19,25H,3-4,14H2,1-2H3,(H,15,22)(H,16,21)(H,17,20)(H,23,24). The zero-order valence-corrected chi connectivity index (χ0v) is 14.7. The van der Waals surface area contributed by atoms with Gasteiger partial charge in [0.2, 0.25) is 17.7 Å². The van der Waals surface area contributed by atoms with Gasteiger partial charge in [-0.1, -0.05) is 0 Å². The lowest BCUT2D eigenvalue weighted by atomic mass is 10.1. The first kappa shape index (κ1) is 23.1. The average molecular weight is 380 g/mol. The van der Waals surface area contributed by atoms with E-state index in [-0.39, 0.29) is 5.75 Å². The summed E-state index contributed by atoms with van der Waals surface area (Å²) in [6, 6.07) is -5.00. The van der Waals surface area contributed by atoms with Crippen molar-refractivity contribution in [2.24, 2.45) is 5.73 Å². The number of aliphatic hydroxyl groups is 2. The minimum atomic E-state index is -1.52. The van der Waals surface area contributed by atoms with Crippen LogP contribution in [0, 0.1) is 0 Å². The maximum atomic E-state index is 12.0. The van der Waals surface area contributed by atoms with Crippen LogP contribution in [0.5, 0.6) is 0 Å². The number of aliphatic carboxylic acids is 1. The summed E-state index contributed by atoms with van der Waals surface area (Å²) in [7, 11) is 0. The fourth-order valence-electron chi connectivity index (χ4n) is 1.54. The molecule has 0 aliphatic heterocycles. The van der Waals surface area contributed by atoms with Gasteiger partial charge in [-0.15, -0.1) is 0 Å². The van der Waals surface area contributed by atoms with E-state index >= 15 is 0 Å². The van der Waals surface area contributed by atoms with Gasteiger partial charge in [0.1, 0.15) is 24.2 Å². The van der Waals surface area contributed by atoms with Crippen LogP contribution >= 0.6 is 12.6 Å². The molecule has 11 nitrogen and oxygen atoms in total. The first-order valence-corrected chi connectivity index (χ1v) is 7.97. The Kier molecular flexibility index (Phi) is 10.0. The lowest BCUT2D eigenvalue weighted by molar-refractivity contribution is -0.143. The predicted molar refractivity (Wildman–Crippen MR) is 89.7 cm³/mol. The van der Waals surface area contributed by atoms with Crippen LogP contribution in [0.1, 0.15) is 13.8 Å². The van der Waals surface area contributed by atoms with Crippen molar-refractivity contribution >= 4 is 36.3 Å². The van der Waals surface area contributed by atoms with Gasteiger partial charge in [-0.2, -0.15) is 12.6 Å². The highest BCUT2D eigenvalue weighted by atomic mass is 32.1. The number of nitrogens with one attached hydrogen (secondary N) is 3. The van der Waals surface area contributed by atoms with Gasteiger partial charge in [-0.05, 0) is 13.8 Å². The van der Waals surface area contributed by atoms with Crippen LogP contribution in [0.3, 0.4) is 0 Å². The molecular formula is C13H24N4O7S. The van der Waals surface area contributed by atoms with E-state index in [9.17, 15) is 24.3 Å². The summed E-state index contributed by atoms with van der Waals surface area (Å²) in [6.45, 7) is 1.83. The molecule has 0 aliphatic rings. The van der Waals surface area contributed by atoms with Gasteiger partial charge >= 0.3 is 5.97 Å². The molecular weight excluding hydrogens is 356 g/mol. The summed E-state index contributed by atoms with van der Waals surface area (Å²) in [5.41, 5.74) is 5.43. The van der Waals surface area contributed by atoms with Crippen LogP contribution in [0.2, 0.25) is 0 Å². The summed E-state index contributed by atoms with van der Waals surface area (Å²) in [5, 5.41) is 33.5. The number of carbonyl (C=O) groups is 4. The highest BCUT2D eigenvalue weighted by Crippen LogP contribution is 1.95. The number of amides is 3. The Morgan fingerprint density at radius 2 is 1.52 bits per heavy atom. The summed E-state index contributed by atoms with van der Waals surface area (Å²) < 4.78 is 0. The zero-order chi connectivity index (χ0) is 19.7. The molecule has 25 heavy (non-hydrogen) atoms. The minimum absolute atomic E-state index is 0.150. The van der Waals surface area contributed by atoms with E-state index in [1.165, 1.54) is 13.8 Å². The van der Waals surface area contributed by atoms with E-state index < -0.39 is 60.6 Å². The van der Waals surface area contributed by atoms with E-state index in [1.807, 2.05) is 5.32 Å². The molecule has 3 amide bonds. The predicted octanol–water partition coefficient (Wildman–Crippen LogP) is -3.82. The van der Waals surface area contributed by atoms with Crippen molar-refractivity contribution in [1.82, 2.24) is 16.0 Å². The van der Waals surface area contributed by atoms with E-state index in [2.05, 4.69) is 23.3 Å². The molecule has 0 aromatic heterocycles. The van der Waals surface area contributed by atoms with Crippen molar-refractivity contribution in [3.8, 4) is 0 Å². The molecule has 0 fully saturated rings. The molecule has 0 radical (unpaired) electrons. The normalized spacial score (nSPS) is 16.7. The largest absolute Gasteiger partial charge is 0.480 e. The second kappa shape index (κ2) is 10.9. The number of carbonyl (C=O) groups excluding carboxylic acids is 3. The zero-order valence-electron chi connectivity index (χ0n) is 13.8. The highest BCUT2D eigenvalue weighted by Gasteiger charge is 2.28. The van der Waals surface area contributed by atoms with Crippen molar-refractivity contribution in [3.05, 3.63) is 0 Å². The maximum Gasteiger partial charge on any atom is 0.328 e. The van der Waals surface area contributed by atoms with Gasteiger partial charge in [0.25, 0.3) is 0 Å². The van der Waals surface area contributed by atoms with E-state index in [1.54, 1.807) is 0 Å². The highest BCUT2D eigenvalue weighted by molar-refractivity contribution is 7.80. The van der Waals surface area contributed by atoms with Crippen LogP contribution in [0.4, 0.5) is 0 Å². The lowest BCUT2D eigenvalue weighted by Crippen LogP contribution is -2.58. The Labute approximate surface area is 149 Å². The fraction of sp³-hybridized carbons (Fsp3) is 0.692. The van der Waals surface area contributed by atoms with Crippen LogP contribution in [0.15, 0.2) is 0 Å². The van der Waals surface area contributed by atoms with Gasteiger partial charge in [-0.25, -0.2) is 4.79 Å². The first-order chi connectivity index (χ1) is 11.5. The van der Waals surface area contributed by atoms with Gasteiger partial charge in [0, 0.05) is 5.75 Å². The number of thiol groups is 1. The molecule has 0 rings (SSSR count). The van der Waals surface area contributed by atoms with Crippen molar-refractivity contribution in [2.75, 3.05) is 12.4 Å². The number of nitrogens with two attached hydrogens (primary N) is 1. The van der Waals surface area contributed by atoms with Crippen molar-refractivity contribution in [2.45, 2.75) is 44.1 Å². The first-order valence-electron chi connectivity index (χ1n) is 7.34. The maximum absolute atomic E-state index is 12.0. The summed E-state index contributed by atoms with van der Waals surface area (Å²) in [4.78, 5) is 46.4. The Hall–Kier alpha value is -1.89. The summed E-state index contributed by atoms with van der Waals surface area (Å²) in [5.74, 6) is -3.94. The third kappa shape index (κ3) is 7.69. The monoisotopic (exact) mass is 380 g/mol. The van der Waals surface area contributed by atoms with Crippen LogP contribution in [-0.2, 0) is 19.2 Å². The van der Waals surface area contributed by atoms with Crippen molar-refractivity contribution in [3.63, 3.8) is 0 Å². The molecule has 5 unspecified atom stereocenters. The summed E-state index contributed by atoms with van der Waals surface area (Å²) in [6.07, 6.45) is -1.11. The van der Waals surface area contributed by atoms with Gasteiger partial charge in [-0.3, -0.25) is 14.4 Å². The topological polar surface area (TPSA) is 191 Å².